The first-order valence-corrected chi connectivity index (χ1v) is 4.62. The molecule has 1 aliphatic heterocycles. The Labute approximate surface area is 87.1 Å². The molecule has 0 aromatic rings. The number of alkyl carbamates (subject to hydrolysis) is 1. The van der Waals surface area contributed by atoms with Crippen molar-refractivity contribution in [1.82, 2.24) is 10.6 Å². The summed E-state index contributed by atoms with van der Waals surface area (Å²) in [6.07, 6.45) is 0.540. The summed E-state index contributed by atoms with van der Waals surface area (Å²) in [7, 11) is 1.58. The van der Waals surface area contributed by atoms with E-state index in [4.69, 9.17) is 5.73 Å². The Morgan fingerprint density at radius 2 is 2.40 bits per heavy atom. The molecule has 1 amide bonds. The van der Waals surface area contributed by atoms with E-state index in [1.165, 1.54) is 0 Å². The fourth-order valence-electron chi connectivity index (χ4n) is 1.18. The number of aliphatic imine (C=N–C) groups is 1. The van der Waals surface area contributed by atoms with Crippen LogP contribution in [-0.2, 0) is 9.53 Å². The Kier molecular flexibility index (Phi) is 3.90. The molecule has 0 spiro atoms. The van der Waals surface area contributed by atoms with Gasteiger partial charge in [-0.3, -0.25) is 4.99 Å². The molecule has 7 heteroatoms. The first-order chi connectivity index (χ1) is 7.13. The van der Waals surface area contributed by atoms with Crippen LogP contribution in [0.3, 0.4) is 0 Å². The van der Waals surface area contributed by atoms with Crippen molar-refractivity contribution >= 4 is 18.0 Å². The Balaban J connectivity index is 2.15. The number of nitrogens with zero attached hydrogens (tertiary/aromatic N) is 1. The zero-order chi connectivity index (χ0) is 11.3. The topological polar surface area (TPSA) is 106 Å². The molecule has 0 radical (unpaired) electrons. The number of nitrogens with one attached hydrogen (secondary N) is 2. The zero-order valence-corrected chi connectivity index (χ0v) is 8.45. The maximum atomic E-state index is 11.0. The summed E-state index contributed by atoms with van der Waals surface area (Å²) in [5.41, 5.74) is 5.39. The van der Waals surface area contributed by atoms with Crippen molar-refractivity contribution in [2.24, 2.45) is 10.7 Å². The van der Waals surface area contributed by atoms with Crippen LogP contribution in [-0.4, -0.2) is 37.7 Å². The van der Waals surface area contributed by atoms with Gasteiger partial charge in [-0.2, -0.15) is 0 Å². The van der Waals surface area contributed by atoms with Crippen molar-refractivity contribution in [3.8, 4) is 0 Å². The lowest BCUT2D eigenvalue weighted by molar-refractivity contribution is -0.135. The van der Waals surface area contributed by atoms with Gasteiger partial charge < -0.3 is 21.1 Å². The maximum absolute atomic E-state index is 11.0. The van der Waals surface area contributed by atoms with Gasteiger partial charge in [0.05, 0.1) is 0 Å². The molecule has 84 valence electrons. The highest BCUT2D eigenvalue weighted by Crippen LogP contribution is 2.05. The molecule has 15 heavy (non-hydrogen) atoms. The Morgan fingerprint density at radius 3 is 2.93 bits per heavy atom. The molecule has 1 saturated heterocycles. The Bertz CT molecular complexity index is 290. The minimum Gasteiger partial charge on any atom is -0.375 e. The van der Waals surface area contributed by atoms with Gasteiger partial charge in [0.2, 0.25) is 0 Å². The largest absolute Gasteiger partial charge is 0.415 e. The van der Waals surface area contributed by atoms with E-state index in [9.17, 15) is 9.59 Å². The second-order valence-corrected chi connectivity index (χ2v) is 3.08. The molecule has 0 aliphatic carbocycles. The quantitative estimate of drug-likeness (QED) is 0.182. The summed E-state index contributed by atoms with van der Waals surface area (Å²) < 4.78 is 4.32. The monoisotopic (exact) mass is 214 g/mol. The second-order valence-electron chi connectivity index (χ2n) is 3.08. The van der Waals surface area contributed by atoms with Gasteiger partial charge in [0.25, 0.3) is 0 Å². The predicted molar refractivity (Wildman–Crippen MR) is 53.2 cm³/mol. The smallest absolute Gasteiger partial charge is 0.375 e. The van der Waals surface area contributed by atoms with Crippen LogP contribution in [0.15, 0.2) is 4.99 Å². The van der Waals surface area contributed by atoms with Crippen molar-refractivity contribution in [1.29, 1.82) is 0 Å². The minimum atomic E-state index is -0.674. The van der Waals surface area contributed by atoms with Crippen LogP contribution < -0.4 is 16.4 Å². The number of nitrogens with two attached hydrogens (primary N) is 1. The van der Waals surface area contributed by atoms with Crippen LogP contribution in [0.2, 0.25) is 0 Å². The molecule has 0 bridgehead atoms. The molecule has 0 aromatic carbocycles. The fourth-order valence-corrected chi connectivity index (χ4v) is 1.18. The third-order valence-electron chi connectivity index (χ3n) is 1.99. The maximum Gasteiger partial charge on any atom is 0.415 e. The summed E-state index contributed by atoms with van der Waals surface area (Å²) in [5, 5.41) is 5.25. The number of esters is 1. The molecule has 1 atom stereocenters. The molecule has 7 nitrogen and oxygen atoms in total. The van der Waals surface area contributed by atoms with Gasteiger partial charge in [0.15, 0.2) is 5.96 Å². The second kappa shape index (κ2) is 5.18. The summed E-state index contributed by atoms with van der Waals surface area (Å²) in [6, 6.07) is -0.529. The van der Waals surface area contributed by atoms with Gasteiger partial charge in [0, 0.05) is 13.6 Å². The molecular weight excluding hydrogens is 200 g/mol. The minimum absolute atomic E-state index is 0.355. The number of cyclic esters (lactones) is 2. The van der Waals surface area contributed by atoms with Gasteiger partial charge in [0.1, 0.15) is 6.04 Å². The highest BCUT2D eigenvalue weighted by Gasteiger charge is 2.31. The average Bonchev–Trinajstić information content (AvgIpc) is 2.52. The van der Waals surface area contributed by atoms with Crippen molar-refractivity contribution < 1.29 is 14.3 Å². The fraction of sp³-hybridized carbons (Fsp3) is 0.625. The van der Waals surface area contributed by atoms with Crippen molar-refractivity contribution in [2.75, 3.05) is 13.6 Å². The van der Waals surface area contributed by atoms with Crippen LogP contribution in [0.25, 0.3) is 0 Å². The standard InChI is InChI=1S/C8H14N4O3/c1-10-7(9)11-4-2-3-5-6(13)15-8(14)12-5/h5H,2-4H2,1H3,(H,12,14)(H3,9,10,11). The molecule has 1 rings (SSSR count). The normalized spacial score (nSPS) is 21.1. The highest BCUT2D eigenvalue weighted by molar-refractivity contribution is 5.95. The van der Waals surface area contributed by atoms with Gasteiger partial charge in [-0.25, -0.2) is 9.59 Å². The van der Waals surface area contributed by atoms with Crippen molar-refractivity contribution in [3.05, 3.63) is 0 Å². The number of carbonyl (C=O) groups excluding carboxylic acids is 2. The van der Waals surface area contributed by atoms with E-state index in [1.54, 1.807) is 7.05 Å². The first kappa shape index (κ1) is 11.3. The van der Waals surface area contributed by atoms with E-state index in [0.29, 0.717) is 25.3 Å². The number of carbonyl (C=O) groups is 2. The van der Waals surface area contributed by atoms with Crippen LogP contribution in [0.1, 0.15) is 12.8 Å². The molecular formula is C8H14N4O3. The molecule has 1 heterocycles. The Hall–Kier alpha value is -1.79. The molecule has 1 fully saturated rings. The lowest BCUT2D eigenvalue weighted by atomic mass is 10.2. The van der Waals surface area contributed by atoms with E-state index in [0.717, 1.165) is 0 Å². The van der Waals surface area contributed by atoms with E-state index in [-0.39, 0.29) is 0 Å². The summed E-state index contributed by atoms with van der Waals surface area (Å²) in [5.74, 6) is -0.162. The van der Waals surface area contributed by atoms with Gasteiger partial charge >= 0.3 is 12.1 Å². The van der Waals surface area contributed by atoms with Gasteiger partial charge in [-0.1, -0.05) is 0 Å². The van der Waals surface area contributed by atoms with Crippen LogP contribution in [0.4, 0.5) is 4.79 Å². The lowest BCUT2D eigenvalue weighted by Crippen LogP contribution is -2.34. The number of guanidine groups is 1. The number of ether oxygens (including phenoxy) is 1. The van der Waals surface area contributed by atoms with Crippen LogP contribution in [0.5, 0.6) is 0 Å². The third kappa shape index (κ3) is 3.45. The predicted octanol–water partition coefficient (Wildman–Crippen LogP) is -1.06. The number of hydrogen-bond donors (Lipinski definition) is 3. The van der Waals surface area contributed by atoms with Gasteiger partial charge in [-0.05, 0) is 12.8 Å². The van der Waals surface area contributed by atoms with E-state index in [2.05, 4.69) is 20.4 Å². The van der Waals surface area contributed by atoms with E-state index < -0.39 is 18.1 Å². The first-order valence-electron chi connectivity index (χ1n) is 4.62. The zero-order valence-electron chi connectivity index (χ0n) is 8.45. The molecule has 1 aliphatic rings. The molecule has 1 unspecified atom stereocenters. The third-order valence-corrected chi connectivity index (χ3v) is 1.99. The average molecular weight is 214 g/mol. The number of amides is 1. The number of rotatable bonds is 4. The van der Waals surface area contributed by atoms with Crippen molar-refractivity contribution in [2.45, 2.75) is 18.9 Å². The summed E-state index contributed by atoms with van der Waals surface area (Å²) in [6.45, 7) is 0.600. The van der Waals surface area contributed by atoms with Gasteiger partial charge in [-0.15, -0.1) is 0 Å². The van der Waals surface area contributed by atoms with E-state index in [1.807, 2.05) is 0 Å². The summed E-state index contributed by atoms with van der Waals surface area (Å²) >= 11 is 0. The molecule has 4 N–H and O–H groups in total. The molecule has 0 aromatic heterocycles. The summed E-state index contributed by atoms with van der Waals surface area (Å²) in [4.78, 5) is 25.3. The SMILES string of the molecule is CN=C(N)NCCCC1NC(=O)OC1=O. The lowest BCUT2D eigenvalue weighted by Gasteiger charge is -2.06. The van der Waals surface area contributed by atoms with Crippen molar-refractivity contribution in [3.63, 3.8) is 0 Å². The highest BCUT2D eigenvalue weighted by atomic mass is 16.6. The van der Waals surface area contributed by atoms with E-state index >= 15 is 0 Å². The number of hydrogen-bond acceptors (Lipinski definition) is 4. The Morgan fingerprint density at radius 1 is 1.67 bits per heavy atom. The van der Waals surface area contributed by atoms with Crippen LogP contribution in [0, 0.1) is 0 Å². The van der Waals surface area contributed by atoms with Crippen LogP contribution >= 0.6 is 0 Å². The molecule has 0 saturated carbocycles.